The average molecular weight is 328 g/mol. The summed E-state index contributed by atoms with van der Waals surface area (Å²) in [6.45, 7) is 6.06. The molecule has 2 aromatic rings. The number of aromatic nitrogens is 1. The number of carbonyl (C=O) groups excluding carboxylic acids is 2. The second kappa shape index (κ2) is 6.54. The molecular formula is C18H20N2O2S. The molecule has 4 nitrogen and oxygen atoms in total. The third kappa shape index (κ3) is 2.88. The van der Waals surface area contributed by atoms with Crippen molar-refractivity contribution in [2.45, 2.75) is 26.3 Å². The van der Waals surface area contributed by atoms with Crippen molar-refractivity contribution in [3.8, 4) is 0 Å². The molecule has 1 unspecified atom stereocenters. The largest absolute Gasteiger partial charge is 0.375 e. The summed E-state index contributed by atoms with van der Waals surface area (Å²) >= 11 is 1.64. The zero-order valence-corrected chi connectivity index (χ0v) is 14.2. The van der Waals surface area contributed by atoms with Gasteiger partial charge in [-0.05, 0) is 37.4 Å². The lowest BCUT2D eigenvalue weighted by Gasteiger charge is -2.29. The topological polar surface area (TPSA) is 42.3 Å². The van der Waals surface area contributed by atoms with Gasteiger partial charge in [-0.1, -0.05) is 6.07 Å². The molecule has 3 rings (SSSR count). The first kappa shape index (κ1) is 15.7. The Morgan fingerprint density at radius 1 is 1.35 bits per heavy atom. The lowest BCUT2D eigenvalue weighted by Crippen LogP contribution is -2.29. The van der Waals surface area contributed by atoms with E-state index in [2.05, 4.69) is 22.5 Å². The molecular weight excluding hydrogens is 308 g/mol. The van der Waals surface area contributed by atoms with Crippen LogP contribution < -0.4 is 0 Å². The Labute approximate surface area is 140 Å². The number of thiophene rings is 1. The number of likely N-dealkylation sites (N-methyl/N-ethyl adjacent to an activating group) is 1. The Morgan fingerprint density at radius 2 is 2.17 bits per heavy atom. The van der Waals surface area contributed by atoms with Crippen LogP contribution in [0.4, 0.5) is 0 Å². The summed E-state index contributed by atoms with van der Waals surface area (Å²) in [7, 11) is 0. The van der Waals surface area contributed by atoms with Gasteiger partial charge in [0.2, 0.25) is 0 Å². The minimum Gasteiger partial charge on any atom is -0.375 e. The number of fused-ring (bicyclic) bond motifs is 1. The summed E-state index contributed by atoms with van der Waals surface area (Å²) in [5.41, 5.74) is 2.47. The van der Waals surface area contributed by atoms with E-state index in [9.17, 15) is 9.59 Å². The van der Waals surface area contributed by atoms with E-state index in [0.29, 0.717) is 5.69 Å². The molecule has 0 spiro atoms. The summed E-state index contributed by atoms with van der Waals surface area (Å²) in [6, 6.07) is 7.89. The highest BCUT2D eigenvalue weighted by atomic mass is 32.1. The number of carbonyl (C=O) groups is 2. The molecule has 1 aliphatic heterocycles. The third-order valence-electron chi connectivity index (χ3n) is 4.35. The van der Waals surface area contributed by atoms with E-state index < -0.39 is 0 Å². The van der Waals surface area contributed by atoms with Crippen molar-refractivity contribution in [3.05, 3.63) is 57.7 Å². The molecule has 5 heteroatoms. The van der Waals surface area contributed by atoms with E-state index in [0.717, 1.165) is 42.1 Å². The van der Waals surface area contributed by atoms with Crippen LogP contribution >= 0.6 is 11.3 Å². The van der Waals surface area contributed by atoms with Crippen molar-refractivity contribution in [2.75, 3.05) is 13.1 Å². The molecule has 0 bridgehead atoms. The van der Waals surface area contributed by atoms with E-state index in [1.54, 1.807) is 18.3 Å². The standard InChI is InChI=1S/C18H20N2O2S/c1-3-19-8-9-20-14(12-21)6-7-16(20)18(15(11-19)13(2)22)17-5-4-10-23-17/h4-7,10-12,18H,3,8-9H2,1-2H3/b15-11-. The van der Waals surface area contributed by atoms with Gasteiger partial charge in [-0.3, -0.25) is 9.59 Å². The summed E-state index contributed by atoms with van der Waals surface area (Å²) in [4.78, 5) is 27.0. The second-order valence-corrected chi connectivity index (χ2v) is 6.65. The van der Waals surface area contributed by atoms with Crippen molar-refractivity contribution < 1.29 is 9.59 Å². The van der Waals surface area contributed by atoms with E-state index in [1.165, 1.54) is 0 Å². The highest BCUT2D eigenvalue weighted by Crippen LogP contribution is 2.37. The molecule has 0 fully saturated rings. The van der Waals surface area contributed by atoms with Crippen molar-refractivity contribution in [1.29, 1.82) is 0 Å². The molecule has 0 N–H and O–H groups in total. The number of rotatable bonds is 4. The van der Waals surface area contributed by atoms with Crippen LogP contribution in [0.5, 0.6) is 0 Å². The zero-order valence-electron chi connectivity index (χ0n) is 13.4. The summed E-state index contributed by atoms with van der Waals surface area (Å²) in [5, 5.41) is 2.03. The molecule has 0 saturated heterocycles. The normalized spacial score (nSPS) is 20.2. The van der Waals surface area contributed by atoms with Crippen LogP contribution in [0.3, 0.4) is 0 Å². The number of hydrogen-bond acceptors (Lipinski definition) is 4. The van der Waals surface area contributed by atoms with Crippen molar-refractivity contribution >= 4 is 23.4 Å². The zero-order chi connectivity index (χ0) is 16.4. The van der Waals surface area contributed by atoms with Gasteiger partial charge in [0.15, 0.2) is 12.1 Å². The van der Waals surface area contributed by atoms with Crippen molar-refractivity contribution in [3.63, 3.8) is 0 Å². The maximum absolute atomic E-state index is 12.3. The Morgan fingerprint density at radius 3 is 2.78 bits per heavy atom. The van der Waals surface area contributed by atoms with Crippen LogP contribution in [-0.2, 0) is 11.3 Å². The number of Topliss-reactive ketones (excluding diaryl/α,β-unsaturated/α-hetero) is 1. The average Bonchev–Trinajstić information content (AvgIpc) is 3.17. The maximum atomic E-state index is 12.3. The number of allylic oxidation sites excluding steroid dienone is 1. The fourth-order valence-electron chi connectivity index (χ4n) is 3.13. The minimum atomic E-state index is -0.115. The highest BCUT2D eigenvalue weighted by Gasteiger charge is 2.29. The van der Waals surface area contributed by atoms with Gasteiger partial charge in [0, 0.05) is 42.0 Å². The first-order chi connectivity index (χ1) is 11.2. The number of hydrogen-bond donors (Lipinski definition) is 0. The first-order valence-electron chi connectivity index (χ1n) is 7.80. The molecule has 0 aliphatic carbocycles. The number of nitrogens with zero attached hydrogens (tertiary/aromatic N) is 2. The van der Waals surface area contributed by atoms with Gasteiger partial charge < -0.3 is 9.47 Å². The van der Waals surface area contributed by atoms with Gasteiger partial charge >= 0.3 is 0 Å². The maximum Gasteiger partial charge on any atom is 0.166 e. The van der Waals surface area contributed by atoms with Gasteiger partial charge in [-0.25, -0.2) is 0 Å². The third-order valence-corrected chi connectivity index (χ3v) is 5.29. The Balaban J connectivity index is 2.22. The molecule has 1 aliphatic rings. The van der Waals surface area contributed by atoms with Gasteiger partial charge in [-0.15, -0.1) is 11.3 Å². The molecule has 1 atom stereocenters. The number of ketones is 1. The second-order valence-electron chi connectivity index (χ2n) is 5.67. The fraction of sp³-hybridized carbons (Fsp3) is 0.333. The van der Waals surface area contributed by atoms with E-state index >= 15 is 0 Å². The molecule has 3 heterocycles. The van der Waals surface area contributed by atoms with E-state index in [-0.39, 0.29) is 11.7 Å². The molecule has 0 amide bonds. The van der Waals surface area contributed by atoms with Crippen LogP contribution in [0, 0.1) is 0 Å². The van der Waals surface area contributed by atoms with Crippen LogP contribution in [0.2, 0.25) is 0 Å². The van der Waals surface area contributed by atoms with E-state index in [4.69, 9.17) is 0 Å². The highest BCUT2D eigenvalue weighted by molar-refractivity contribution is 7.10. The summed E-state index contributed by atoms with van der Waals surface area (Å²) in [5.74, 6) is -0.0419. The van der Waals surface area contributed by atoms with Gasteiger partial charge in [0.25, 0.3) is 0 Å². The summed E-state index contributed by atoms with van der Waals surface area (Å²) in [6.07, 6.45) is 2.90. The van der Waals surface area contributed by atoms with Gasteiger partial charge in [0.05, 0.1) is 11.6 Å². The fourth-order valence-corrected chi connectivity index (χ4v) is 3.99. The van der Waals surface area contributed by atoms with Crippen molar-refractivity contribution in [1.82, 2.24) is 9.47 Å². The Hall–Kier alpha value is -2.14. The Kier molecular flexibility index (Phi) is 4.48. The lowest BCUT2D eigenvalue weighted by molar-refractivity contribution is -0.113. The summed E-state index contributed by atoms with van der Waals surface area (Å²) < 4.78 is 2.05. The van der Waals surface area contributed by atoms with Crippen LogP contribution in [0.1, 0.15) is 40.8 Å². The Bertz CT molecular complexity index is 743. The van der Waals surface area contributed by atoms with Crippen molar-refractivity contribution in [2.24, 2.45) is 0 Å². The van der Waals surface area contributed by atoms with E-state index in [1.807, 2.05) is 29.8 Å². The monoisotopic (exact) mass is 328 g/mol. The molecule has 0 saturated carbocycles. The van der Waals surface area contributed by atoms with Gasteiger partial charge in [0.1, 0.15) is 0 Å². The van der Waals surface area contributed by atoms with Crippen LogP contribution in [0.25, 0.3) is 0 Å². The molecule has 23 heavy (non-hydrogen) atoms. The quantitative estimate of drug-likeness (QED) is 0.809. The van der Waals surface area contributed by atoms with Gasteiger partial charge in [-0.2, -0.15) is 0 Å². The van der Waals surface area contributed by atoms with Crippen LogP contribution in [0.15, 0.2) is 41.4 Å². The predicted molar refractivity (Wildman–Crippen MR) is 92.0 cm³/mol. The lowest BCUT2D eigenvalue weighted by atomic mass is 9.91. The SMILES string of the molecule is CCN1/C=C(/C(C)=O)C(c2cccs2)c2ccc(C=O)n2CC1. The first-order valence-corrected chi connectivity index (χ1v) is 8.68. The molecule has 0 aromatic carbocycles. The molecule has 0 radical (unpaired) electrons. The molecule has 120 valence electrons. The number of aldehydes is 1. The minimum absolute atomic E-state index is 0.0733. The molecule has 2 aromatic heterocycles. The smallest absolute Gasteiger partial charge is 0.166 e. The predicted octanol–water partition coefficient (Wildman–Crippen LogP) is 3.30. The van der Waals surface area contributed by atoms with Crippen LogP contribution in [-0.4, -0.2) is 34.6 Å².